The summed E-state index contributed by atoms with van der Waals surface area (Å²) in [7, 11) is 0. The number of benzene rings is 2. The molecule has 1 amide bonds. The van der Waals surface area contributed by atoms with Crippen molar-refractivity contribution in [1.29, 1.82) is 0 Å². The molecule has 112 valence electrons. The van der Waals surface area contributed by atoms with Crippen LogP contribution in [-0.4, -0.2) is 17.8 Å². The van der Waals surface area contributed by atoms with Crippen LogP contribution < -0.4 is 9.64 Å². The number of hydrogen-bond acceptors (Lipinski definition) is 3. The summed E-state index contributed by atoms with van der Waals surface area (Å²) in [5.74, 6) is -0.109. The van der Waals surface area contributed by atoms with Crippen molar-refractivity contribution in [2.24, 2.45) is 0 Å². The summed E-state index contributed by atoms with van der Waals surface area (Å²) in [5, 5.41) is 0. The number of ether oxygens (including phenoxy) is 1. The third-order valence-corrected chi connectivity index (χ3v) is 3.51. The zero-order valence-corrected chi connectivity index (χ0v) is 12.6. The highest BCUT2D eigenvalue weighted by Crippen LogP contribution is 2.30. The lowest BCUT2D eigenvalue weighted by Gasteiger charge is -2.17. The predicted molar refractivity (Wildman–Crippen MR) is 84.2 cm³/mol. The molecule has 4 nitrogen and oxygen atoms in total. The van der Waals surface area contributed by atoms with Crippen LogP contribution in [0.15, 0.2) is 48.5 Å². The van der Waals surface area contributed by atoms with Gasteiger partial charge in [-0.05, 0) is 43.7 Å². The van der Waals surface area contributed by atoms with Crippen LogP contribution in [0.1, 0.15) is 29.8 Å². The molecule has 3 rings (SSSR count). The van der Waals surface area contributed by atoms with Crippen LogP contribution in [-0.2, 0) is 11.3 Å². The number of rotatable bonds is 4. The van der Waals surface area contributed by atoms with Gasteiger partial charge in [-0.1, -0.05) is 24.3 Å². The Kier molecular flexibility index (Phi) is 3.67. The lowest BCUT2D eigenvalue weighted by molar-refractivity contribution is -0.114. The molecule has 0 aromatic heterocycles. The monoisotopic (exact) mass is 295 g/mol. The van der Waals surface area contributed by atoms with Gasteiger partial charge in [0.1, 0.15) is 5.75 Å². The maximum atomic E-state index is 12.1. The minimum Gasteiger partial charge on any atom is -0.491 e. The summed E-state index contributed by atoms with van der Waals surface area (Å²) in [5.41, 5.74) is 2.11. The minimum absolute atomic E-state index is 0.121. The summed E-state index contributed by atoms with van der Waals surface area (Å²) in [4.78, 5) is 25.6. The SMILES string of the molecule is CC(C)Oc1ccc(CN2C(=O)C(=O)c3ccccc32)cc1. The Bertz CT molecular complexity index is 719. The summed E-state index contributed by atoms with van der Waals surface area (Å²) in [6.45, 7) is 4.32. The van der Waals surface area contributed by atoms with Crippen molar-refractivity contribution in [3.05, 3.63) is 59.7 Å². The number of fused-ring (bicyclic) bond motifs is 1. The zero-order chi connectivity index (χ0) is 15.7. The molecule has 0 fully saturated rings. The predicted octanol–water partition coefficient (Wildman–Crippen LogP) is 3.20. The van der Waals surface area contributed by atoms with Crippen molar-refractivity contribution in [1.82, 2.24) is 0 Å². The molecule has 4 heteroatoms. The molecule has 22 heavy (non-hydrogen) atoms. The van der Waals surface area contributed by atoms with E-state index in [0.29, 0.717) is 17.8 Å². The van der Waals surface area contributed by atoms with Gasteiger partial charge in [-0.15, -0.1) is 0 Å². The maximum absolute atomic E-state index is 12.1. The Hall–Kier alpha value is -2.62. The zero-order valence-electron chi connectivity index (χ0n) is 12.6. The Morgan fingerprint density at radius 3 is 2.36 bits per heavy atom. The van der Waals surface area contributed by atoms with E-state index in [-0.39, 0.29) is 6.10 Å². The second-order valence-electron chi connectivity index (χ2n) is 5.55. The van der Waals surface area contributed by atoms with Crippen molar-refractivity contribution < 1.29 is 14.3 Å². The molecule has 0 N–H and O–H groups in total. The number of para-hydroxylation sites is 1. The number of hydrogen-bond donors (Lipinski definition) is 0. The topological polar surface area (TPSA) is 46.6 Å². The molecule has 0 saturated heterocycles. The summed E-state index contributed by atoms with van der Waals surface area (Å²) in [6, 6.07) is 14.7. The second-order valence-corrected chi connectivity index (χ2v) is 5.55. The highest BCUT2D eigenvalue weighted by molar-refractivity contribution is 6.52. The Morgan fingerprint density at radius 1 is 1.00 bits per heavy atom. The van der Waals surface area contributed by atoms with E-state index in [1.807, 2.05) is 44.2 Å². The fraction of sp³-hybridized carbons (Fsp3) is 0.222. The van der Waals surface area contributed by atoms with E-state index < -0.39 is 11.7 Å². The molecule has 1 aliphatic rings. The number of amides is 1. The molecule has 0 bridgehead atoms. The van der Waals surface area contributed by atoms with E-state index >= 15 is 0 Å². The van der Waals surface area contributed by atoms with Crippen LogP contribution in [0.5, 0.6) is 5.75 Å². The first-order valence-electron chi connectivity index (χ1n) is 7.27. The molecule has 1 aliphatic heterocycles. The highest BCUT2D eigenvalue weighted by Gasteiger charge is 2.35. The highest BCUT2D eigenvalue weighted by atomic mass is 16.5. The molecule has 0 saturated carbocycles. The van der Waals surface area contributed by atoms with Crippen LogP contribution >= 0.6 is 0 Å². The van der Waals surface area contributed by atoms with Gasteiger partial charge in [0.2, 0.25) is 0 Å². The first kappa shape index (κ1) is 14.3. The Balaban J connectivity index is 1.81. The van der Waals surface area contributed by atoms with Gasteiger partial charge in [-0.2, -0.15) is 0 Å². The molecular formula is C18H17NO3. The van der Waals surface area contributed by atoms with Crippen LogP contribution in [0.3, 0.4) is 0 Å². The van der Waals surface area contributed by atoms with Crippen molar-refractivity contribution in [3.8, 4) is 5.75 Å². The van der Waals surface area contributed by atoms with E-state index in [0.717, 1.165) is 11.3 Å². The lowest BCUT2D eigenvalue weighted by Crippen LogP contribution is -2.29. The van der Waals surface area contributed by atoms with Gasteiger partial charge in [0, 0.05) is 0 Å². The standard InChI is InChI=1S/C18H17NO3/c1-12(2)22-14-9-7-13(8-10-14)11-19-16-6-4-3-5-15(16)17(20)18(19)21/h3-10,12H,11H2,1-2H3. The van der Waals surface area contributed by atoms with Crippen molar-refractivity contribution in [2.75, 3.05) is 4.90 Å². The van der Waals surface area contributed by atoms with Crippen molar-refractivity contribution in [2.45, 2.75) is 26.5 Å². The van der Waals surface area contributed by atoms with Gasteiger partial charge in [0.15, 0.2) is 0 Å². The van der Waals surface area contributed by atoms with Crippen LogP contribution in [0.2, 0.25) is 0 Å². The fourth-order valence-electron chi connectivity index (χ4n) is 2.53. The van der Waals surface area contributed by atoms with Crippen molar-refractivity contribution in [3.63, 3.8) is 0 Å². The minimum atomic E-state index is -0.469. The van der Waals surface area contributed by atoms with Gasteiger partial charge in [-0.3, -0.25) is 9.59 Å². The number of nitrogens with zero attached hydrogens (tertiary/aromatic N) is 1. The first-order valence-corrected chi connectivity index (χ1v) is 7.27. The third-order valence-electron chi connectivity index (χ3n) is 3.51. The van der Waals surface area contributed by atoms with Gasteiger partial charge in [0.25, 0.3) is 11.7 Å². The number of carbonyl (C=O) groups excluding carboxylic acids is 2. The van der Waals surface area contributed by atoms with E-state index in [1.165, 1.54) is 4.90 Å². The van der Waals surface area contributed by atoms with Gasteiger partial charge < -0.3 is 9.64 Å². The van der Waals surface area contributed by atoms with Gasteiger partial charge in [0.05, 0.1) is 23.9 Å². The molecular weight excluding hydrogens is 278 g/mol. The maximum Gasteiger partial charge on any atom is 0.299 e. The number of carbonyl (C=O) groups is 2. The molecule has 1 heterocycles. The molecule has 2 aromatic rings. The second kappa shape index (κ2) is 5.64. The average Bonchev–Trinajstić information content (AvgIpc) is 2.74. The van der Waals surface area contributed by atoms with E-state index in [9.17, 15) is 9.59 Å². The Morgan fingerprint density at radius 2 is 1.68 bits per heavy atom. The van der Waals surface area contributed by atoms with E-state index in [1.54, 1.807) is 18.2 Å². The molecule has 0 unspecified atom stereocenters. The summed E-state index contributed by atoms with van der Waals surface area (Å²) >= 11 is 0. The lowest BCUT2D eigenvalue weighted by atomic mass is 10.1. The number of anilines is 1. The van der Waals surface area contributed by atoms with E-state index in [4.69, 9.17) is 4.74 Å². The number of ketones is 1. The summed E-state index contributed by atoms with van der Waals surface area (Å²) < 4.78 is 5.60. The molecule has 0 radical (unpaired) electrons. The average molecular weight is 295 g/mol. The van der Waals surface area contributed by atoms with E-state index in [2.05, 4.69) is 0 Å². The summed E-state index contributed by atoms with van der Waals surface area (Å²) in [6.07, 6.45) is 0.121. The first-order chi connectivity index (χ1) is 10.6. The quantitative estimate of drug-likeness (QED) is 0.814. The molecule has 0 spiro atoms. The number of Topliss-reactive ketones (excluding diaryl/α,β-unsaturated/α-hetero) is 1. The van der Waals surface area contributed by atoms with Crippen LogP contribution in [0.25, 0.3) is 0 Å². The molecule has 2 aromatic carbocycles. The largest absolute Gasteiger partial charge is 0.491 e. The fourth-order valence-corrected chi connectivity index (χ4v) is 2.53. The van der Waals surface area contributed by atoms with Gasteiger partial charge >= 0.3 is 0 Å². The third kappa shape index (κ3) is 2.60. The normalized spacial score (nSPS) is 13.7. The molecule has 0 aliphatic carbocycles. The Labute approximate surface area is 129 Å². The molecule has 0 atom stereocenters. The van der Waals surface area contributed by atoms with Crippen LogP contribution in [0, 0.1) is 0 Å². The van der Waals surface area contributed by atoms with Crippen molar-refractivity contribution >= 4 is 17.4 Å². The van der Waals surface area contributed by atoms with Gasteiger partial charge in [-0.25, -0.2) is 0 Å². The van der Waals surface area contributed by atoms with Crippen LogP contribution in [0.4, 0.5) is 5.69 Å². The smallest absolute Gasteiger partial charge is 0.299 e.